The molecule has 3 amide bonds. The van der Waals surface area contributed by atoms with E-state index in [1.54, 1.807) is 21.7 Å². The van der Waals surface area contributed by atoms with Crippen molar-refractivity contribution in [1.29, 1.82) is 0 Å². The molecule has 0 spiro atoms. The first-order chi connectivity index (χ1) is 17.0. The first-order valence-corrected chi connectivity index (χ1v) is 12.6. The van der Waals surface area contributed by atoms with E-state index in [-0.39, 0.29) is 23.9 Å². The Kier molecular flexibility index (Phi) is 9.15. The van der Waals surface area contributed by atoms with Crippen LogP contribution in [0.4, 0.5) is 10.6 Å². The molecule has 0 aliphatic carbocycles. The van der Waals surface area contributed by atoms with Crippen molar-refractivity contribution in [3.05, 3.63) is 76.9 Å². The van der Waals surface area contributed by atoms with Crippen molar-refractivity contribution in [2.75, 3.05) is 18.4 Å². The maximum absolute atomic E-state index is 13.1. The van der Waals surface area contributed by atoms with Crippen molar-refractivity contribution in [1.82, 2.24) is 20.0 Å². The average molecular weight is 510 g/mol. The van der Waals surface area contributed by atoms with Gasteiger partial charge in [0.1, 0.15) is 12.4 Å². The van der Waals surface area contributed by atoms with Gasteiger partial charge in [-0.05, 0) is 42.2 Å². The molecule has 1 heterocycles. The molecule has 0 atom stereocenters. The van der Waals surface area contributed by atoms with Crippen LogP contribution in [0.2, 0.25) is 5.02 Å². The molecule has 0 bridgehead atoms. The Morgan fingerprint density at radius 1 is 1.06 bits per heavy atom. The molecule has 0 aliphatic rings. The van der Waals surface area contributed by atoms with Crippen LogP contribution in [0, 0.1) is 5.92 Å². The van der Waals surface area contributed by atoms with E-state index in [2.05, 4.69) is 45.3 Å². The summed E-state index contributed by atoms with van der Waals surface area (Å²) in [6.07, 6.45) is 0.795. The Bertz CT molecular complexity index is 1150. The molecule has 2 aromatic carbocycles. The maximum Gasteiger partial charge on any atom is 0.318 e. The zero-order chi connectivity index (χ0) is 26.3. The summed E-state index contributed by atoms with van der Waals surface area (Å²) in [6.45, 7) is 11.2. The molecule has 1 aromatic heterocycles. The fraction of sp³-hybridized carbons (Fsp3) is 0.393. The Morgan fingerprint density at radius 2 is 1.72 bits per heavy atom. The van der Waals surface area contributed by atoms with Crippen LogP contribution in [-0.4, -0.2) is 39.7 Å². The van der Waals surface area contributed by atoms with Crippen molar-refractivity contribution in [2.45, 2.75) is 53.0 Å². The summed E-state index contributed by atoms with van der Waals surface area (Å²) in [5.74, 6) is 0.656. The zero-order valence-corrected chi connectivity index (χ0v) is 22.5. The number of anilines is 1. The van der Waals surface area contributed by atoms with E-state index in [1.165, 1.54) is 0 Å². The van der Waals surface area contributed by atoms with E-state index in [0.717, 1.165) is 23.4 Å². The number of amides is 3. The summed E-state index contributed by atoms with van der Waals surface area (Å²) in [7, 11) is 0. The second-order valence-corrected chi connectivity index (χ2v) is 10.8. The summed E-state index contributed by atoms with van der Waals surface area (Å²) >= 11 is 6.06. The van der Waals surface area contributed by atoms with E-state index >= 15 is 0 Å². The van der Waals surface area contributed by atoms with Crippen LogP contribution >= 0.6 is 11.6 Å². The second kappa shape index (κ2) is 12.1. The number of aromatic nitrogens is 2. The normalized spacial score (nSPS) is 11.4. The lowest BCUT2D eigenvalue weighted by Gasteiger charge is -2.23. The number of hydrogen-bond acceptors (Lipinski definition) is 3. The molecule has 8 heteroatoms. The topological polar surface area (TPSA) is 79.3 Å². The fourth-order valence-corrected chi connectivity index (χ4v) is 3.65. The van der Waals surface area contributed by atoms with Crippen molar-refractivity contribution in [3.63, 3.8) is 0 Å². The number of hydrogen-bond donors (Lipinski definition) is 2. The number of rotatable bonds is 9. The van der Waals surface area contributed by atoms with Crippen LogP contribution < -0.4 is 10.6 Å². The minimum atomic E-state index is -0.288. The molecule has 0 unspecified atom stereocenters. The minimum Gasteiger partial charge on any atom is -0.334 e. The summed E-state index contributed by atoms with van der Waals surface area (Å²) in [6, 6.07) is 18.6. The largest absolute Gasteiger partial charge is 0.334 e. The van der Waals surface area contributed by atoms with Crippen LogP contribution in [0.15, 0.2) is 60.7 Å². The van der Waals surface area contributed by atoms with Crippen LogP contribution in [0.25, 0.3) is 5.69 Å². The highest BCUT2D eigenvalue weighted by Crippen LogP contribution is 2.27. The van der Waals surface area contributed by atoms with Gasteiger partial charge < -0.3 is 15.5 Å². The third-order valence-electron chi connectivity index (χ3n) is 5.70. The number of carbonyl (C=O) groups excluding carboxylic acids is 2. The molecule has 2 N–H and O–H groups in total. The van der Waals surface area contributed by atoms with Gasteiger partial charge in [0.2, 0.25) is 5.91 Å². The third-order valence-corrected chi connectivity index (χ3v) is 5.95. The van der Waals surface area contributed by atoms with E-state index in [1.807, 2.05) is 48.5 Å². The van der Waals surface area contributed by atoms with Gasteiger partial charge in [-0.3, -0.25) is 4.79 Å². The predicted octanol–water partition coefficient (Wildman–Crippen LogP) is 6.02. The number of nitrogens with one attached hydrogen (secondary N) is 2. The van der Waals surface area contributed by atoms with Crippen LogP contribution in [0.1, 0.15) is 52.3 Å². The number of carbonyl (C=O) groups is 2. The van der Waals surface area contributed by atoms with Crippen molar-refractivity contribution in [2.24, 2.45) is 5.92 Å². The minimum absolute atomic E-state index is 0.0655. The molecular formula is C28H36ClN5O2. The zero-order valence-electron chi connectivity index (χ0n) is 21.7. The van der Waals surface area contributed by atoms with E-state index in [4.69, 9.17) is 16.7 Å². The molecule has 0 aliphatic heterocycles. The van der Waals surface area contributed by atoms with Crippen LogP contribution in [0.5, 0.6) is 0 Å². The van der Waals surface area contributed by atoms with Gasteiger partial charge in [-0.15, -0.1) is 0 Å². The van der Waals surface area contributed by atoms with Gasteiger partial charge in [0.15, 0.2) is 0 Å². The first kappa shape index (κ1) is 27.3. The van der Waals surface area contributed by atoms with E-state index in [0.29, 0.717) is 29.8 Å². The Morgan fingerprint density at radius 3 is 2.33 bits per heavy atom. The molecule has 0 saturated heterocycles. The molecule has 192 valence electrons. The number of urea groups is 1. The maximum atomic E-state index is 13.1. The van der Waals surface area contributed by atoms with Crippen molar-refractivity contribution < 1.29 is 9.59 Å². The van der Waals surface area contributed by atoms with Gasteiger partial charge in [0.25, 0.3) is 0 Å². The highest BCUT2D eigenvalue weighted by Gasteiger charge is 2.23. The molecule has 3 aromatic rings. The second-order valence-electron chi connectivity index (χ2n) is 10.3. The number of nitrogens with zero attached hydrogens (tertiary/aromatic N) is 3. The van der Waals surface area contributed by atoms with Crippen LogP contribution in [0.3, 0.4) is 0 Å². The molecule has 3 rings (SSSR count). The quantitative estimate of drug-likeness (QED) is 0.370. The summed E-state index contributed by atoms with van der Waals surface area (Å²) in [4.78, 5) is 27.7. The predicted molar refractivity (Wildman–Crippen MR) is 146 cm³/mol. The fourth-order valence-electron chi connectivity index (χ4n) is 3.52. The molecule has 0 fully saturated rings. The summed E-state index contributed by atoms with van der Waals surface area (Å²) in [5, 5.41) is 11.3. The first-order valence-electron chi connectivity index (χ1n) is 12.3. The lowest BCUT2D eigenvalue weighted by atomic mass is 9.92. The van der Waals surface area contributed by atoms with Gasteiger partial charge in [-0.25, -0.2) is 9.48 Å². The standard InChI is InChI=1S/C28H36ClN5O2/c1-20(2)15-16-33(27(36)30-18-21-9-7-6-8-10-21)19-26(35)31-25-17-24(28(3,4)5)32-34(25)23-13-11-22(29)12-14-23/h6-14,17,20H,15-16,18-19H2,1-5H3,(H,30,36)(H,31,35). The van der Waals surface area contributed by atoms with Gasteiger partial charge in [0.05, 0.1) is 11.4 Å². The van der Waals surface area contributed by atoms with Crippen molar-refractivity contribution >= 4 is 29.4 Å². The molecule has 0 radical (unpaired) electrons. The average Bonchev–Trinajstić information content (AvgIpc) is 3.25. The van der Waals surface area contributed by atoms with Gasteiger partial charge in [-0.2, -0.15) is 5.10 Å². The van der Waals surface area contributed by atoms with Crippen molar-refractivity contribution in [3.8, 4) is 5.69 Å². The SMILES string of the molecule is CC(C)CCN(CC(=O)Nc1cc(C(C)(C)C)nn1-c1ccc(Cl)cc1)C(=O)NCc1ccccc1. The van der Waals surface area contributed by atoms with Crippen LogP contribution in [-0.2, 0) is 16.8 Å². The number of benzene rings is 2. The molecule has 36 heavy (non-hydrogen) atoms. The lowest BCUT2D eigenvalue weighted by molar-refractivity contribution is -0.116. The van der Waals surface area contributed by atoms with Gasteiger partial charge >= 0.3 is 6.03 Å². The third kappa shape index (κ3) is 7.85. The molecule has 7 nitrogen and oxygen atoms in total. The van der Waals surface area contributed by atoms with Gasteiger partial charge in [-0.1, -0.05) is 76.6 Å². The molecule has 0 saturated carbocycles. The Balaban J connectivity index is 1.76. The summed E-state index contributed by atoms with van der Waals surface area (Å²) < 4.78 is 1.70. The lowest BCUT2D eigenvalue weighted by Crippen LogP contribution is -2.44. The molecular weight excluding hydrogens is 474 g/mol. The smallest absolute Gasteiger partial charge is 0.318 e. The Labute approximate surface area is 218 Å². The Hall–Kier alpha value is -3.32. The number of halogens is 1. The highest BCUT2D eigenvalue weighted by atomic mass is 35.5. The van der Waals surface area contributed by atoms with E-state index in [9.17, 15) is 9.59 Å². The summed E-state index contributed by atoms with van der Waals surface area (Å²) in [5.41, 5.74) is 2.41. The highest BCUT2D eigenvalue weighted by molar-refractivity contribution is 6.30. The monoisotopic (exact) mass is 509 g/mol. The van der Waals surface area contributed by atoms with Gasteiger partial charge in [0, 0.05) is 29.6 Å². The van der Waals surface area contributed by atoms with E-state index < -0.39 is 0 Å².